The molecule has 0 aliphatic rings. The first-order valence-electron chi connectivity index (χ1n) is 18.9. The number of ketones is 2. The first kappa shape index (κ1) is 48.3. The number of halogens is 4. The van der Waals surface area contributed by atoms with Gasteiger partial charge in [-0.25, -0.2) is 0 Å². The van der Waals surface area contributed by atoms with E-state index in [2.05, 4.69) is 41.7 Å². The topological polar surface area (TPSA) is 218 Å². The van der Waals surface area contributed by atoms with Crippen LogP contribution in [0.15, 0.2) is 118 Å². The highest BCUT2D eigenvalue weighted by molar-refractivity contribution is 6.37. The van der Waals surface area contributed by atoms with Crippen LogP contribution in [0.2, 0.25) is 10.0 Å². The molecule has 4 amide bonds. The molecule has 0 aromatic heterocycles. The van der Waals surface area contributed by atoms with Gasteiger partial charge in [0.15, 0.2) is 23.1 Å². The molecule has 2 atom stereocenters. The van der Waals surface area contributed by atoms with Gasteiger partial charge >= 0.3 is 0 Å². The van der Waals surface area contributed by atoms with Gasteiger partial charge in [-0.05, 0) is 85.6 Å². The summed E-state index contributed by atoms with van der Waals surface area (Å²) in [4.78, 5) is 78.5. The molecule has 0 saturated heterocycles. The lowest BCUT2D eigenvalue weighted by atomic mass is 10.1. The Morgan fingerprint density at radius 3 is 1.27 bits per heavy atom. The van der Waals surface area contributed by atoms with Crippen molar-refractivity contribution in [2.24, 2.45) is 20.5 Å². The number of amides is 4. The van der Waals surface area contributed by atoms with Crippen molar-refractivity contribution in [3.8, 4) is 11.5 Å². The molecule has 0 bridgehead atoms. The number of alkyl halides is 2. The number of anilines is 4. The summed E-state index contributed by atoms with van der Waals surface area (Å²) in [5.41, 5.74) is 2.71. The third-order valence-corrected chi connectivity index (χ3v) is 10.4. The van der Waals surface area contributed by atoms with Gasteiger partial charge in [-0.1, -0.05) is 59.6 Å². The molecule has 0 saturated carbocycles. The predicted octanol–water partition coefficient (Wildman–Crippen LogP) is 10.4. The van der Waals surface area contributed by atoms with E-state index in [0.717, 1.165) is 25.0 Å². The number of hydrogen-bond acceptors (Lipinski definition) is 12. The Morgan fingerprint density at radius 2 is 0.922 bits per heavy atom. The van der Waals surface area contributed by atoms with Crippen LogP contribution < -0.4 is 30.7 Å². The van der Waals surface area contributed by atoms with E-state index in [1.165, 1.54) is 62.8 Å². The molecule has 0 spiro atoms. The van der Waals surface area contributed by atoms with Gasteiger partial charge in [0.05, 0.1) is 46.8 Å². The van der Waals surface area contributed by atoms with Crippen LogP contribution >= 0.6 is 46.4 Å². The molecule has 5 rings (SSSR count). The number of nitrogens with zero attached hydrogens (tertiary/aromatic N) is 4. The van der Waals surface area contributed by atoms with E-state index in [-0.39, 0.29) is 67.2 Å². The molecular formula is C44H38Cl4N8O8. The molecule has 0 fully saturated rings. The summed E-state index contributed by atoms with van der Waals surface area (Å²) in [5.74, 6) is -3.96. The van der Waals surface area contributed by atoms with Crippen molar-refractivity contribution in [2.45, 2.75) is 37.7 Å². The monoisotopic (exact) mass is 946 g/mol. The number of hydrogen-bond donors (Lipinski definition) is 4. The zero-order chi connectivity index (χ0) is 46.5. The molecule has 5 aromatic carbocycles. The summed E-state index contributed by atoms with van der Waals surface area (Å²) >= 11 is 24.9. The van der Waals surface area contributed by atoms with Crippen LogP contribution in [-0.4, -0.2) is 61.5 Å². The van der Waals surface area contributed by atoms with E-state index >= 15 is 0 Å². The molecule has 0 aliphatic heterocycles. The van der Waals surface area contributed by atoms with Gasteiger partial charge in [-0.15, -0.1) is 23.2 Å². The zero-order valence-electron chi connectivity index (χ0n) is 34.4. The number of rotatable bonds is 18. The van der Waals surface area contributed by atoms with Gasteiger partial charge in [-0.3, -0.25) is 28.8 Å². The van der Waals surface area contributed by atoms with E-state index in [9.17, 15) is 28.8 Å². The maximum atomic E-state index is 13.5. The third-order valence-electron chi connectivity index (χ3n) is 8.99. The summed E-state index contributed by atoms with van der Waals surface area (Å²) in [6.07, 6.45) is 0. The Labute approximate surface area is 386 Å². The average Bonchev–Trinajstić information content (AvgIpc) is 3.27. The van der Waals surface area contributed by atoms with Crippen molar-refractivity contribution < 1.29 is 38.2 Å². The lowest BCUT2D eigenvalue weighted by Gasteiger charge is -2.19. The largest absolute Gasteiger partial charge is 0.491 e. The van der Waals surface area contributed by atoms with Gasteiger partial charge < -0.3 is 30.7 Å². The van der Waals surface area contributed by atoms with E-state index in [1.54, 1.807) is 48.5 Å². The number of carbonyl (C=O) groups excluding carboxylic acids is 6. The molecule has 16 nitrogen and oxygen atoms in total. The lowest BCUT2D eigenvalue weighted by Crippen LogP contribution is -2.32. The summed E-state index contributed by atoms with van der Waals surface area (Å²) < 4.78 is 11.0. The molecule has 64 heavy (non-hydrogen) atoms. The molecule has 0 aliphatic carbocycles. The second-order valence-electron chi connectivity index (χ2n) is 13.5. The van der Waals surface area contributed by atoms with Crippen LogP contribution in [-0.2, 0) is 30.9 Å². The van der Waals surface area contributed by atoms with E-state index in [4.69, 9.17) is 55.9 Å². The summed E-state index contributed by atoms with van der Waals surface area (Å²) in [5, 5.41) is 26.4. The highest BCUT2D eigenvalue weighted by Gasteiger charge is 2.29. The van der Waals surface area contributed by atoms with Gasteiger partial charge in [0, 0.05) is 23.1 Å². The van der Waals surface area contributed by atoms with Crippen LogP contribution in [0.3, 0.4) is 0 Å². The Hall–Kier alpha value is -6.72. The molecule has 2 unspecified atom stereocenters. The van der Waals surface area contributed by atoms with E-state index in [1.807, 2.05) is 0 Å². The Kier molecular flexibility index (Phi) is 17.0. The minimum Gasteiger partial charge on any atom is -0.491 e. The van der Waals surface area contributed by atoms with Crippen molar-refractivity contribution in [3.63, 3.8) is 0 Å². The fourth-order valence-electron chi connectivity index (χ4n) is 5.85. The van der Waals surface area contributed by atoms with Gasteiger partial charge in [0.1, 0.15) is 11.4 Å². The number of Topliss-reactive ketones (excluding diaryl/α,β-unsaturated/α-hetero) is 2. The Morgan fingerprint density at radius 1 is 0.547 bits per heavy atom. The van der Waals surface area contributed by atoms with Gasteiger partial charge in [0.25, 0.3) is 23.6 Å². The predicted molar refractivity (Wildman–Crippen MR) is 246 cm³/mol. The van der Waals surface area contributed by atoms with Gasteiger partial charge in [0.2, 0.25) is 12.1 Å². The molecule has 20 heteroatoms. The summed E-state index contributed by atoms with van der Waals surface area (Å²) in [6, 6.07) is 22.1. The highest BCUT2D eigenvalue weighted by atomic mass is 35.5. The fraction of sp³-hybridized carbons (Fsp3) is 0.182. The van der Waals surface area contributed by atoms with Crippen LogP contribution in [0.1, 0.15) is 45.7 Å². The minimum absolute atomic E-state index is 0.00635. The first-order chi connectivity index (χ1) is 30.7. The second-order valence-corrected chi connectivity index (χ2v) is 14.8. The third kappa shape index (κ3) is 12.0. The molecule has 5 aromatic rings. The number of ether oxygens (including phenoxy) is 2. The highest BCUT2D eigenvalue weighted by Crippen LogP contribution is 2.42. The van der Waals surface area contributed by atoms with Crippen molar-refractivity contribution in [1.82, 2.24) is 0 Å². The lowest BCUT2D eigenvalue weighted by molar-refractivity contribution is -0.127. The quantitative estimate of drug-likeness (QED) is 0.0375. The van der Waals surface area contributed by atoms with Crippen molar-refractivity contribution in [1.29, 1.82) is 0 Å². The Bertz CT molecular complexity index is 2500. The van der Waals surface area contributed by atoms with Crippen molar-refractivity contribution >= 4 is 116 Å². The fourth-order valence-corrected chi connectivity index (χ4v) is 6.68. The molecule has 0 radical (unpaired) electrons. The maximum Gasteiger partial charge on any atom is 0.258 e. The van der Waals surface area contributed by atoms with Crippen LogP contribution in [0.25, 0.3) is 0 Å². The minimum atomic E-state index is -1.68. The number of nitrogens with one attached hydrogen (secondary N) is 4. The van der Waals surface area contributed by atoms with Crippen molar-refractivity contribution in [3.05, 3.63) is 129 Å². The first-order valence-corrected chi connectivity index (χ1v) is 20.7. The van der Waals surface area contributed by atoms with E-state index in [0.29, 0.717) is 11.4 Å². The van der Waals surface area contributed by atoms with Crippen LogP contribution in [0.4, 0.5) is 34.1 Å². The van der Waals surface area contributed by atoms with Crippen molar-refractivity contribution in [2.75, 3.05) is 35.5 Å². The number of carbonyl (C=O) groups is 6. The normalized spacial score (nSPS) is 12.0. The van der Waals surface area contributed by atoms with Gasteiger partial charge in [-0.2, -0.15) is 20.5 Å². The molecule has 0 heterocycles. The summed E-state index contributed by atoms with van der Waals surface area (Å²) in [6.45, 7) is 2.27. The van der Waals surface area contributed by atoms with Crippen LogP contribution in [0.5, 0.6) is 11.5 Å². The van der Waals surface area contributed by atoms with E-state index < -0.39 is 47.3 Å². The molecule has 4 N–H and O–H groups in total. The molecule has 330 valence electrons. The maximum absolute atomic E-state index is 13.5. The summed E-state index contributed by atoms with van der Waals surface area (Å²) in [7, 11) is 2.53. The second kappa shape index (κ2) is 22.6. The average molecular weight is 949 g/mol. The Balaban J connectivity index is 1.31. The SMILES string of the molecule is COc1c(NC(=O)C(N=Nc2cccc(C(=O)Nc3cccc(CCl)c3)c2Cl)C(C)=O)ccc(NC(=O)C(N=Nc2cccc(C(=O)Nc3cccc(CCl)c3)c2Cl)C(C)=O)c1OC. The number of benzene rings is 5. The number of methoxy groups -OCH3 is 2. The standard InChI is InChI=1S/C44H38Cl4N8O8/c1-23(57)37(55-53-31-15-7-13-29(35(31)47)41(59)49-27-11-5-9-25(19-27)21-45)43(61)51-33-17-18-34(40(64-4)39(33)63-3)52-44(62)38(24(2)58)56-54-32-16-8-14-30(36(32)48)42(60)50-28-12-6-10-26(20-28)22-46/h5-20,37-38H,21-22H2,1-4H3,(H,49,59)(H,50,60)(H,51,61)(H,52,62). The zero-order valence-corrected chi connectivity index (χ0v) is 37.4. The number of azo groups is 2. The molecular weight excluding hydrogens is 910 g/mol. The smallest absolute Gasteiger partial charge is 0.258 e. The van der Waals surface area contributed by atoms with Crippen LogP contribution in [0, 0.1) is 0 Å².